The fourth-order valence-corrected chi connectivity index (χ4v) is 4.11. The van der Waals surface area contributed by atoms with Crippen LogP contribution in [0.1, 0.15) is 36.5 Å². The molecule has 23 heavy (non-hydrogen) atoms. The van der Waals surface area contributed by atoms with Crippen LogP contribution >= 0.6 is 0 Å². The van der Waals surface area contributed by atoms with E-state index < -0.39 is 27.6 Å². The van der Waals surface area contributed by atoms with Crippen molar-refractivity contribution < 1.29 is 22.0 Å². The van der Waals surface area contributed by atoms with Gasteiger partial charge in [-0.2, -0.15) is 0 Å². The van der Waals surface area contributed by atoms with Gasteiger partial charge >= 0.3 is 0 Å². The van der Waals surface area contributed by atoms with Gasteiger partial charge in [0, 0.05) is 24.7 Å². The first-order chi connectivity index (χ1) is 10.8. The predicted molar refractivity (Wildman–Crippen MR) is 82.5 cm³/mol. The highest BCUT2D eigenvalue weighted by Gasteiger charge is 2.28. The lowest BCUT2D eigenvalue weighted by molar-refractivity contribution is 0.0923. The quantitative estimate of drug-likeness (QED) is 0.885. The smallest absolute Gasteiger partial charge is 0.251 e. The lowest BCUT2D eigenvalue weighted by atomic mass is 10.1. The number of nitrogens with one attached hydrogen (secondary N) is 1. The number of piperidine rings is 1. The fraction of sp³-hybridized carbons (Fsp3) is 0.533. The molecule has 0 unspecified atom stereocenters. The second-order valence-corrected chi connectivity index (χ2v) is 7.68. The Bertz CT molecular complexity index is 671. The summed E-state index contributed by atoms with van der Waals surface area (Å²) < 4.78 is 51.4. The highest BCUT2D eigenvalue weighted by atomic mass is 32.2. The zero-order valence-electron chi connectivity index (χ0n) is 12.9. The molecule has 128 valence electrons. The first-order valence-electron chi connectivity index (χ1n) is 7.57. The molecule has 1 fully saturated rings. The van der Waals surface area contributed by atoms with E-state index >= 15 is 0 Å². The molecular weight excluding hydrogens is 326 g/mol. The number of carbonyl (C=O) groups excluding carboxylic acids is 1. The van der Waals surface area contributed by atoms with Gasteiger partial charge in [0.2, 0.25) is 10.0 Å². The van der Waals surface area contributed by atoms with Gasteiger partial charge in [-0.3, -0.25) is 4.79 Å². The van der Waals surface area contributed by atoms with Crippen LogP contribution in [0.5, 0.6) is 0 Å². The Balaban J connectivity index is 1.91. The van der Waals surface area contributed by atoms with Crippen molar-refractivity contribution in [3.63, 3.8) is 0 Å². The van der Waals surface area contributed by atoms with E-state index in [2.05, 4.69) is 5.32 Å². The standard InChI is InChI=1S/C15H20F2N2O3S/c1-2-9-23(21,22)19-7-5-12(6-8-19)18-15(20)11-3-4-13(16)14(17)10-11/h3-4,10,12H,2,5-9H2,1H3,(H,18,20). The minimum atomic E-state index is -3.22. The van der Waals surface area contributed by atoms with Gasteiger partial charge in [0.1, 0.15) is 0 Å². The largest absolute Gasteiger partial charge is 0.349 e. The highest BCUT2D eigenvalue weighted by molar-refractivity contribution is 7.89. The minimum Gasteiger partial charge on any atom is -0.349 e. The van der Waals surface area contributed by atoms with Gasteiger partial charge in [-0.05, 0) is 37.5 Å². The van der Waals surface area contributed by atoms with Crippen LogP contribution < -0.4 is 5.32 Å². The average molecular weight is 346 g/mol. The third-order valence-electron chi connectivity index (χ3n) is 3.83. The van der Waals surface area contributed by atoms with Crippen LogP contribution in [0, 0.1) is 11.6 Å². The Labute approximate surface area is 134 Å². The molecule has 5 nitrogen and oxygen atoms in total. The summed E-state index contributed by atoms with van der Waals surface area (Å²) in [5.74, 6) is -2.44. The van der Waals surface area contributed by atoms with E-state index in [0.717, 1.165) is 12.1 Å². The van der Waals surface area contributed by atoms with E-state index in [1.54, 1.807) is 0 Å². The highest BCUT2D eigenvalue weighted by Crippen LogP contribution is 2.16. The minimum absolute atomic E-state index is 0.0462. The first kappa shape index (κ1) is 17.8. The van der Waals surface area contributed by atoms with Crippen LogP contribution in [0.3, 0.4) is 0 Å². The monoisotopic (exact) mass is 346 g/mol. The van der Waals surface area contributed by atoms with Crippen molar-refractivity contribution in [3.05, 3.63) is 35.4 Å². The van der Waals surface area contributed by atoms with Crippen LogP contribution in [-0.2, 0) is 10.0 Å². The van der Waals surface area contributed by atoms with Crippen molar-refractivity contribution in [1.82, 2.24) is 9.62 Å². The maximum absolute atomic E-state index is 13.1. The van der Waals surface area contributed by atoms with E-state index in [-0.39, 0.29) is 17.4 Å². The molecule has 1 heterocycles. The molecule has 1 aliphatic rings. The van der Waals surface area contributed by atoms with Crippen LogP contribution in [0.4, 0.5) is 8.78 Å². The predicted octanol–water partition coefficient (Wildman–Crippen LogP) is 1.90. The summed E-state index contributed by atoms with van der Waals surface area (Å²) in [5.41, 5.74) is 0.0462. The Morgan fingerprint density at radius 2 is 1.91 bits per heavy atom. The molecule has 0 saturated carbocycles. The molecule has 1 saturated heterocycles. The summed E-state index contributed by atoms with van der Waals surface area (Å²) in [5, 5.41) is 2.74. The molecule has 1 amide bonds. The lowest BCUT2D eigenvalue weighted by Crippen LogP contribution is -2.47. The molecule has 0 radical (unpaired) electrons. The van der Waals surface area contributed by atoms with E-state index in [9.17, 15) is 22.0 Å². The second-order valence-electron chi connectivity index (χ2n) is 5.59. The summed E-state index contributed by atoms with van der Waals surface area (Å²) in [4.78, 5) is 12.0. The molecule has 0 aromatic heterocycles. The van der Waals surface area contributed by atoms with Gasteiger partial charge in [-0.15, -0.1) is 0 Å². The molecule has 1 N–H and O–H groups in total. The molecule has 1 aromatic rings. The van der Waals surface area contributed by atoms with Crippen molar-refractivity contribution in [1.29, 1.82) is 0 Å². The van der Waals surface area contributed by atoms with Gasteiger partial charge in [0.05, 0.1) is 5.75 Å². The Morgan fingerprint density at radius 1 is 1.26 bits per heavy atom. The van der Waals surface area contributed by atoms with Crippen LogP contribution in [0.25, 0.3) is 0 Å². The van der Waals surface area contributed by atoms with Gasteiger partial charge in [-0.1, -0.05) is 6.92 Å². The summed E-state index contributed by atoms with van der Waals surface area (Å²) in [6, 6.07) is 2.80. The maximum atomic E-state index is 13.1. The number of hydrogen-bond acceptors (Lipinski definition) is 3. The lowest BCUT2D eigenvalue weighted by Gasteiger charge is -2.31. The van der Waals surface area contributed by atoms with Crippen LogP contribution in [0.15, 0.2) is 18.2 Å². The first-order valence-corrected chi connectivity index (χ1v) is 9.18. The van der Waals surface area contributed by atoms with E-state index in [1.807, 2.05) is 6.92 Å². The fourth-order valence-electron chi connectivity index (χ4n) is 2.57. The van der Waals surface area contributed by atoms with Gasteiger partial charge in [0.25, 0.3) is 5.91 Å². The van der Waals surface area contributed by atoms with Gasteiger partial charge < -0.3 is 5.32 Å². The summed E-state index contributed by atoms with van der Waals surface area (Å²) in [7, 11) is -3.22. The molecule has 0 spiro atoms. The number of halogens is 2. The maximum Gasteiger partial charge on any atom is 0.251 e. The number of nitrogens with zero attached hydrogens (tertiary/aromatic N) is 1. The van der Waals surface area contributed by atoms with Crippen molar-refractivity contribution in [2.24, 2.45) is 0 Å². The zero-order chi connectivity index (χ0) is 17.0. The molecule has 0 atom stereocenters. The SMILES string of the molecule is CCCS(=O)(=O)N1CCC(NC(=O)c2ccc(F)c(F)c2)CC1. The van der Waals surface area contributed by atoms with E-state index in [4.69, 9.17) is 0 Å². The third kappa shape index (κ3) is 4.48. The van der Waals surface area contributed by atoms with Crippen LogP contribution in [-0.4, -0.2) is 43.5 Å². The summed E-state index contributed by atoms with van der Waals surface area (Å²) in [6.45, 7) is 2.52. The third-order valence-corrected chi connectivity index (χ3v) is 5.90. The van der Waals surface area contributed by atoms with Crippen LogP contribution in [0.2, 0.25) is 0 Å². The zero-order valence-corrected chi connectivity index (χ0v) is 13.7. The molecule has 1 aromatic carbocycles. The number of sulfonamides is 1. The van der Waals surface area contributed by atoms with Crippen molar-refractivity contribution in [3.8, 4) is 0 Å². The summed E-state index contributed by atoms with van der Waals surface area (Å²) in [6.07, 6.45) is 1.56. The molecule has 1 aliphatic heterocycles. The Kier molecular flexibility index (Phi) is 5.69. The number of carbonyl (C=O) groups is 1. The average Bonchev–Trinajstić information content (AvgIpc) is 2.50. The topological polar surface area (TPSA) is 66.5 Å². The van der Waals surface area contributed by atoms with Crippen molar-refractivity contribution in [2.75, 3.05) is 18.8 Å². The molecular formula is C15H20F2N2O3S. The Hall–Kier alpha value is -1.54. The normalized spacial score (nSPS) is 17.2. The number of hydrogen-bond donors (Lipinski definition) is 1. The van der Waals surface area contributed by atoms with E-state index in [0.29, 0.717) is 32.4 Å². The van der Waals surface area contributed by atoms with Crippen molar-refractivity contribution in [2.45, 2.75) is 32.2 Å². The number of rotatable bonds is 5. The molecule has 8 heteroatoms. The molecule has 0 bridgehead atoms. The number of amides is 1. The number of benzene rings is 1. The van der Waals surface area contributed by atoms with E-state index in [1.165, 1.54) is 10.4 Å². The Morgan fingerprint density at radius 3 is 2.48 bits per heavy atom. The van der Waals surface area contributed by atoms with Gasteiger partial charge in [-0.25, -0.2) is 21.5 Å². The second kappa shape index (κ2) is 7.35. The molecule has 0 aliphatic carbocycles. The molecule has 2 rings (SSSR count). The van der Waals surface area contributed by atoms with Gasteiger partial charge in [0.15, 0.2) is 11.6 Å². The summed E-state index contributed by atoms with van der Waals surface area (Å²) >= 11 is 0. The van der Waals surface area contributed by atoms with Crippen molar-refractivity contribution >= 4 is 15.9 Å².